The highest BCUT2D eigenvalue weighted by atomic mass is 16.5. The van der Waals surface area contributed by atoms with Gasteiger partial charge in [-0.15, -0.1) is 0 Å². The highest BCUT2D eigenvalue weighted by Gasteiger charge is 2.24. The van der Waals surface area contributed by atoms with Crippen molar-refractivity contribution in [2.45, 2.75) is 32.8 Å². The minimum absolute atomic E-state index is 0.121. The highest BCUT2D eigenvalue weighted by Crippen LogP contribution is 2.24. The maximum absolute atomic E-state index is 9.20. The molecule has 3 heterocycles. The number of hydrogen-bond donors (Lipinski definition) is 0. The molecule has 1 aliphatic heterocycles. The van der Waals surface area contributed by atoms with E-state index < -0.39 is 0 Å². The zero-order valence-electron chi connectivity index (χ0n) is 13.4. The molecule has 0 N–H and O–H groups in total. The summed E-state index contributed by atoms with van der Waals surface area (Å²) in [6.45, 7) is 5.44. The van der Waals surface area contributed by atoms with E-state index >= 15 is 0 Å². The van der Waals surface area contributed by atoms with E-state index in [4.69, 9.17) is 4.74 Å². The highest BCUT2D eigenvalue weighted by molar-refractivity contribution is 5.53. The van der Waals surface area contributed by atoms with Gasteiger partial charge in [0.05, 0.1) is 17.0 Å². The van der Waals surface area contributed by atoms with E-state index in [1.165, 1.54) is 0 Å². The Morgan fingerprint density at radius 2 is 2.04 bits per heavy atom. The molecular formula is C17H19N5O. The summed E-state index contributed by atoms with van der Waals surface area (Å²) < 4.78 is 6.02. The Bertz CT molecular complexity index is 732. The third-order valence-corrected chi connectivity index (χ3v) is 3.96. The van der Waals surface area contributed by atoms with Gasteiger partial charge in [0.25, 0.3) is 0 Å². The van der Waals surface area contributed by atoms with Gasteiger partial charge in [0.15, 0.2) is 0 Å². The normalized spacial score (nSPS) is 15.3. The predicted molar refractivity (Wildman–Crippen MR) is 86.3 cm³/mol. The number of anilines is 1. The second-order valence-corrected chi connectivity index (χ2v) is 5.69. The van der Waals surface area contributed by atoms with Gasteiger partial charge in [-0.2, -0.15) is 5.26 Å². The lowest BCUT2D eigenvalue weighted by molar-refractivity contribution is 0.161. The Morgan fingerprint density at radius 3 is 2.78 bits per heavy atom. The molecule has 0 unspecified atom stereocenters. The summed E-state index contributed by atoms with van der Waals surface area (Å²) in [5.74, 6) is 1.39. The molecular weight excluding hydrogens is 290 g/mol. The number of aryl methyl sites for hydroxylation is 2. The lowest BCUT2D eigenvalue weighted by atomic mass is 10.1. The molecule has 118 valence electrons. The summed E-state index contributed by atoms with van der Waals surface area (Å²) in [6.07, 6.45) is 5.34. The minimum Gasteiger partial charge on any atom is -0.473 e. The van der Waals surface area contributed by atoms with Crippen LogP contribution in [0.3, 0.4) is 0 Å². The molecule has 0 saturated carbocycles. The van der Waals surface area contributed by atoms with Gasteiger partial charge in [-0.3, -0.25) is 4.98 Å². The first-order valence-corrected chi connectivity index (χ1v) is 7.74. The zero-order chi connectivity index (χ0) is 16.2. The van der Waals surface area contributed by atoms with Gasteiger partial charge in [0, 0.05) is 38.3 Å². The topological polar surface area (TPSA) is 74.9 Å². The Balaban J connectivity index is 1.65. The average Bonchev–Trinajstić information content (AvgIpc) is 2.59. The number of nitriles is 1. The number of pyridine rings is 1. The van der Waals surface area contributed by atoms with Crippen LogP contribution in [0.25, 0.3) is 0 Å². The Labute approximate surface area is 135 Å². The molecule has 1 aliphatic rings. The Morgan fingerprint density at radius 1 is 1.26 bits per heavy atom. The van der Waals surface area contributed by atoms with Crippen molar-refractivity contribution in [1.29, 1.82) is 5.26 Å². The number of ether oxygens (including phenoxy) is 1. The van der Waals surface area contributed by atoms with E-state index in [0.717, 1.165) is 43.1 Å². The first-order chi connectivity index (χ1) is 11.2. The quantitative estimate of drug-likeness (QED) is 0.866. The number of rotatable bonds is 3. The molecule has 6 heteroatoms. The van der Waals surface area contributed by atoms with Crippen molar-refractivity contribution in [2.75, 3.05) is 18.0 Å². The van der Waals surface area contributed by atoms with Crippen LogP contribution >= 0.6 is 0 Å². The number of nitrogens with zero attached hydrogens (tertiary/aromatic N) is 5. The largest absolute Gasteiger partial charge is 0.473 e. The van der Waals surface area contributed by atoms with Crippen LogP contribution < -0.4 is 9.64 Å². The van der Waals surface area contributed by atoms with Crippen molar-refractivity contribution in [3.8, 4) is 11.9 Å². The van der Waals surface area contributed by atoms with E-state index in [9.17, 15) is 5.26 Å². The summed E-state index contributed by atoms with van der Waals surface area (Å²) in [4.78, 5) is 15.2. The summed E-state index contributed by atoms with van der Waals surface area (Å²) >= 11 is 0. The van der Waals surface area contributed by atoms with E-state index in [0.29, 0.717) is 11.4 Å². The van der Waals surface area contributed by atoms with E-state index in [2.05, 4.69) is 25.9 Å². The maximum Gasteiger partial charge on any atom is 0.235 e. The Kier molecular flexibility index (Phi) is 4.38. The molecule has 1 saturated heterocycles. The molecule has 0 aromatic carbocycles. The van der Waals surface area contributed by atoms with E-state index in [1.807, 2.05) is 13.8 Å². The summed E-state index contributed by atoms with van der Waals surface area (Å²) in [7, 11) is 0. The molecule has 0 amide bonds. The first-order valence-electron chi connectivity index (χ1n) is 7.74. The molecule has 0 bridgehead atoms. The van der Waals surface area contributed by atoms with Crippen molar-refractivity contribution >= 4 is 5.82 Å². The fraction of sp³-hybridized carbons (Fsp3) is 0.412. The van der Waals surface area contributed by atoms with Crippen molar-refractivity contribution in [2.24, 2.45) is 0 Å². The van der Waals surface area contributed by atoms with Gasteiger partial charge in [-0.1, -0.05) is 0 Å². The second-order valence-electron chi connectivity index (χ2n) is 5.69. The molecule has 1 fully saturated rings. The van der Waals surface area contributed by atoms with Gasteiger partial charge >= 0.3 is 0 Å². The molecule has 2 aromatic heterocycles. The van der Waals surface area contributed by atoms with Crippen LogP contribution in [-0.2, 0) is 0 Å². The molecule has 3 rings (SSSR count). The summed E-state index contributed by atoms with van der Waals surface area (Å²) in [5, 5.41) is 9.20. The first kappa shape index (κ1) is 15.2. The molecule has 0 aliphatic carbocycles. The minimum atomic E-state index is 0.121. The van der Waals surface area contributed by atoms with E-state index in [1.54, 1.807) is 24.5 Å². The lowest BCUT2D eigenvalue weighted by Crippen LogP contribution is -2.39. The molecule has 0 atom stereocenters. The molecule has 6 nitrogen and oxygen atoms in total. The fourth-order valence-corrected chi connectivity index (χ4v) is 2.71. The second kappa shape index (κ2) is 6.61. The van der Waals surface area contributed by atoms with Crippen LogP contribution in [0.2, 0.25) is 0 Å². The van der Waals surface area contributed by atoms with E-state index in [-0.39, 0.29) is 6.10 Å². The smallest absolute Gasteiger partial charge is 0.235 e. The monoisotopic (exact) mass is 309 g/mol. The molecule has 23 heavy (non-hydrogen) atoms. The summed E-state index contributed by atoms with van der Waals surface area (Å²) in [5.41, 5.74) is 2.29. The van der Waals surface area contributed by atoms with Crippen LogP contribution in [0, 0.1) is 25.2 Å². The number of piperidine rings is 1. The van der Waals surface area contributed by atoms with Crippen LogP contribution in [0.15, 0.2) is 24.5 Å². The molecule has 0 spiro atoms. The van der Waals surface area contributed by atoms with Gasteiger partial charge in [-0.05, 0) is 26.0 Å². The lowest BCUT2D eigenvalue weighted by Gasteiger charge is -2.33. The zero-order valence-corrected chi connectivity index (χ0v) is 13.4. The number of aromatic nitrogens is 3. The standard InChI is InChI=1S/C17H19N5O/c1-12-11-20-13(2)17(21-12)23-15-5-8-22(9-6-15)16-14(10-18)4-3-7-19-16/h3-4,7,11,15H,5-6,8-9H2,1-2H3. The van der Waals surface area contributed by atoms with Crippen molar-refractivity contribution in [3.63, 3.8) is 0 Å². The molecule has 2 aromatic rings. The van der Waals surface area contributed by atoms with Crippen molar-refractivity contribution in [1.82, 2.24) is 15.0 Å². The maximum atomic E-state index is 9.20. The van der Waals surface area contributed by atoms with Gasteiger partial charge in [0.2, 0.25) is 5.88 Å². The van der Waals surface area contributed by atoms with Crippen LogP contribution in [-0.4, -0.2) is 34.1 Å². The fourth-order valence-electron chi connectivity index (χ4n) is 2.71. The SMILES string of the molecule is Cc1cnc(C)c(OC2CCN(c3ncccc3C#N)CC2)n1. The summed E-state index contributed by atoms with van der Waals surface area (Å²) in [6, 6.07) is 5.79. The van der Waals surface area contributed by atoms with Gasteiger partial charge in [0.1, 0.15) is 18.0 Å². The van der Waals surface area contributed by atoms with Crippen molar-refractivity contribution in [3.05, 3.63) is 41.5 Å². The van der Waals surface area contributed by atoms with Gasteiger partial charge < -0.3 is 9.64 Å². The number of hydrogen-bond acceptors (Lipinski definition) is 6. The van der Waals surface area contributed by atoms with Crippen LogP contribution in [0.5, 0.6) is 5.88 Å². The van der Waals surface area contributed by atoms with Crippen molar-refractivity contribution < 1.29 is 4.74 Å². The van der Waals surface area contributed by atoms with Gasteiger partial charge in [-0.25, -0.2) is 9.97 Å². The third kappa shape index (κ3) is 3.39. The molecule has 0 radical (unpaired) electrons. The third-order valence-electron chi connectivity index (χ3n) is 3.96. The average molecular weight is 309 g/mol. The van der Waals surface area contributed by atoms with Crippen LogP contribution in [0.4, 0.5) is 5.82 Å². The predicted octanol–water partition coefficient (Wildman–Crippen LogP) is 2.41. The Hall–Kier alpha value is -2.68. The van der Waals surface area contributed by atoms with Crippen LogP contribution in [0.1, 0.15) is 29.8 Å².